The predicted octanol–water partition coefficient (Wildman–Crippen LogP) is 2.56. The molecule has 0 heterocycles. The van der Waals surface area contributed by atoms with E-state index in [1.807, 2.05) is 32.9 Å². The molecule has 3 N–H and O–H groups in total. The molecule has 0 aromatic heterocycles. The summed E-state index contributed by atoms with van der Waals surface area (Å²) in [5.74, 6) is -1.77. The topological polar surface area (TPSA) is 95.5 Å². The summed E-state index contributed by atoms with van der Waals surface area (Å²) in [4.78, 5) is 35.2. The van der Waals surface area contributed by atoms with Gasteiger partial charge in [0.25, 0.3) is 0 Å². The van der Waals surface area contributed by atoms with Gasteiger partial charge in [-0.05, 0) is 57.6 Å². The van der Waals surface area contributed by atoms with Crippen LogP contribution in [-0.2, 0) is 14.4 Å². The van der Waals surface area contributed by atoms with Crippen molar-refractivity contribution in [2.24, 2.45) is 11.8 Å². The third-order valence-corrected chi connectivity index (χ3v) is 4.81. The van der Waals surface area contributed by atoms with Crippen molar-refractivity contribution in [2.45, 2.75) is 46.5 Å². The highest BCUT2D eigenvalue weighted by Gasteiger charge is 2.29. The number of aliphatic carboxylic acids is 1. The molecule has 0 atom stereocenters. The smallest absolute Gasteiger partial charge is 0.306 e. The summed E-state index contributed by atoms with van der Waals surface area (Å²) >= 11 is 0. The lowest BCUT2D eigenvalue weighted by atomic mass is 9.81. The van der Waals surface area contributed by atoms with Gasteiger partial charge >= 0.3 is 5.97 Å². The Kier molecular flexibility index (Phi) is 6.17. The molecule has 1 aromatic carbocycles. The summed E-state index contributed by atoms with van der Waals surface area (Å²) in [6, 6.07) is 4.00. The van der Waals surface area contributed by atoms with Crippen molar-refractivity contribution in [3.63, 3.8) is 0 Å². The molecule has 0 aliphatic heterocycles. The molecule has 2 rings (SSSR count). The van der Waals surface area contributed by atoms with E-state index in [0.29, 0.717) is 25.7 Å². The number of hydrogen-bond acceptors (Lipinski definition) is 3. The second kappa shape index (κ2) is 8.14. The number of aryl methyl sites for hydroxylation is 3. The molecule has 0 unspecified atom stereocenters. The largest absolute Gasteiger partial charge is 0.481 e. The van der Waals surface area contributed by atoms with E-state index in [1.54, 1.807) is 0 Å². The first-order valence-corrected chi connectivity index (χ1v) is 8.66. The average molecular weight is 346 g/mol. The number of carbonyl (C=O) groups excluding carboxylic acids is 2. The molecule has 0 radical (unpaired) electrons. The number of amides is 2. The van der Waals surface area contributed by atoms with Crippen LogP contribution in [0, 0.1) is 32.6 Å². The second-order valence-corrected chi connectivity index (χ2v) is 6.93. The van der Waals surface area contributed by atoms with Crippen LogP contribution in [0.2, 0.25) is 0 Å². The molecular weight excluding hydrogens is 320 g/mol. The maximum Gasteiger partial charge on any atom is 0.306 e. The van der Waals surface area contributed by atoms with Gasteiger partial charge in [-0.15, -0.1) is 0 Å². The maximum atomic E-state index is 12.2. The minimum atomic E-state index is -0.790. The number of benzene rings is 1. The van der Waals surface area contributed by atoms with Crippen LogP contribution in [0.15, 0.2) is 12.1 Å². The normalized spacial score (nSPS) is 20.0. The lowest BCUT2D eigenvalue weighted by molar-refractivity contribution is -0.144. The monoisotopic (exact) mass is 346 g/mol. The minimum Gasteiger partial charge on any atom is -0.481 e. The van der Waals surface area contributed by atoms with E-state index in [0.717, 1.165) is 22.4 Å². The van der Waals surface area contributed by atoms with Gasteiger partial charge in [-0.3, -0.25) is 14.4 Å². The number of nitrogens with one attached hydrogen (secondary N) is 2. The molecule has 136 valence electrons. The molecule has 1 saturated carbocycles. The van der Waals surface area contributed by atoms with Crippen molar-refractivity contribution < 1.29 is 19.5 Å². The van der Waals surface area contributed by atoms with Crippen molar-refractivity contribution in [3.8, 4) is 0 Å². The summed E-state index contributed by atoms with van der Waals surface area (Å²) in [5.41, 5.74) is 3.90. The molecule has 1 aromatic rings. The molecule has 1 aliphatic carbocycles. The third-order valence-electron chi connectivity index (χ3n) is 4.81. The molecule has 0 bridgehead atoms. The lowest BCUT2D eigenvalue weighted by Crippen LogP contribution is -2.38. The van der Waals surface area contributed by atoms with Crippen molar-refractivity contribution in [3.05, 3.63) is 28.8 Å². The summed E-state index contributed by atoms with van der Waals surface area (Å²) < 4.78 is 0. The first kappa shape index (κ1) is 19.0. The predicted molar refractivity (Wildman–Crippen MR) is 95.4 cm³/mol. The highest BCUT2D eigenvalue weighted by atomic mass is 16.4. The van der Waals surface area contributed by atoms with Crippen LogP contribution in [-0.4, -0.2) is 29.4 Å². The summed E-state index contributed by atoms with van der Waals surface area (Å²) in [7, 11) is 0. The van der Waals surface area contributed by atoms with Crippen molar-refractivity contribution in [2.75, 3.05) is 11.9 Å². The van der Waals surface area contributed by atoms with E-state index in [9.17, 15) is 14.4 Å². The Hall–Kier alpha value is -2.37. The molecule has 0 saturated heterocycles. The quantitative estimate of drug-likeness (QED) is 0.763. The fourth-order valence-corrected chi connectivity index (χ4v) is 3.48. The Bertz CT molecular complexity index is 653. The van der Waals surface area contributed by atoms with Gasteiger partial charge in [0.2, 0.25) is 11.8 Å². The Morgan fingerprint density at radius 3 is 2.04 bits per heavy atom. The van der Waals surface area contributed by atoms with Gasteiger partial charge in [0.05, 0.1) is 12.5 Å². The minimum absolute atomic E-state index is 0.0789. The number of anilines is 1. The van der Waals surface area contributed by atoms with E-state index in [1.165, 1.54) is 0 Å². The number of rotatable bonds is 5. The van der Waals surface area contributed by atoms with Crippen LogP contribution in [0.4, 0.5) is 5.69 Å². The summed E-state index contributed by atoms with van der Waals surface area (Å²) in [5, 5.41) is 14.5. The zero-order valence-corrected chi connectivity index (χ0v) is 15.0. The summed E-state index contributed by atoms with van der Waals surface area (Å²) in [6.07, 6.45) is 2.14. The van der Waals surface area contributed by atoms with Gasteiger partial charge in [-0.25, -0.2) is 0 Å². The first-order chi connectivity index (χ1) is 11.8. The van der Waals surface area contributed by atoms with Gasteiger partial charge < -0.3 is 15.7 Å². The van der Waals surface area contributed by atoms with E-state index >= 15 is 0 Å². The lowest BCUT2D eigenvalue weighted by Gasteiger charge is -2.25. The van der Waals surface area contributed by atoms with Gasteiger partial charge in [0.15, 0.2) is 0 Å². The Labute approximate surface area is 148 Å². The SMILES string of the molecule is Cc1cc(C)c(NC(=O)CNC(=O)C2CCC(C(=O)O)CC2)c(C)c1. The highest BCUT2D eigenvalue weighted by molar-refractivity contribution is 5.96. The van der Waals surface area contributed by atoms with E-state index in [2.05, 4.69) is 10.6 Å². The zero-order chi connectivity index (χ0) is 18.6. The van der Waals surface area contributed by atoms with Gasteiger partial charge in [-0.2, -0.15) is 0 Å². The van der Waals surface area contributed by atoms with Crippen LogP contribution in [0.5, 0.6) is 0 Å². The Morgan fingerprint density at radius 2 is 1.52 bits per heavy atom. The van der Waals surface area contributed by atoms with Crippen molar-refractivity contribution in [1.29, 1.82) is 0 Å². The van der Waals surface area contributed by atoms with E-state index in [4.69, 9.17) is 5.11 Å². The molecule has 2 amide bonds. The molecule has 25 heavy (non-hydrogen) atoms. The molecular formula is C19H26N2O4. The average Bonchev–Trinajstić information content (AvgIpc) is 2.56. The Morgan fingerprint density at radius 1 is 1.00 bits per heavy atom. The number of carboxylic acid groups (broad SMARTS) is 1. The van der Waals surface area contributed by atoms with E-state index < -0.39 is 5.97 Å². The molecule has 6 heteroatoms. The van der Waals surface area contributed by atoms with Crippen molar-refractivity contribution >= 4 is 23.5 Å². The number of hydrogen-bond donors (Lipinski definition) is 3. The van der Waals surface area contributed by atoms with Crippen LogP contribution >= 0.6 is 0 Å². The second-order valence-electron chi connectivity index (χ2n) is 6.93. The Balaban J connectivity index is 1.82. The van der Waals surface area contributed by atoms with Crippen molar-refractivity contribution in [1.82, 2.24) is 5.32 Å². The standard InChI is InChI=1S/C19H26N2O4/c1-11-8-12(2)17(13(3)9-11)21-16(22)10-20-18(23)14-4-6-15(7-5-14)19(24)25/h8-9,14-15H,4-7,10H2,1-3H3,(H,20,23)(H,21,22)(H,24,25). The van der Waals surface area contributed by atoms with Gasteiger partial charge in [0.1, 0.15) is 0 Å². The molecule has 1 aliphatic rings. The fraction of sp³-hybridized carbons (Fsp3) is 0.526. The van der Waals surface area contributed by atoms with Gasteiger partial charge in [-0.1, -0.05) is 17.7 Å². The molecule has 1 fully saturated rings. The number of carbonyl (C=O) groups is 3. The third kappa shape index (κ3) is 5.05. The van der Waals surface area contributed by atoms with Crippen LogP contribution in [0.3, 0.4) is 0 Å². The van der Waals surface area contributed by atoms with Crippen LogP contribution in [0.1, 0.15) is 42.4 Å². The zero-order valence-electron chi connectivity index (χ0n) is 15.0. The van der Waals surface area contributed by atoms with Crippen LogP contribution in [0.25, 0.3) is 0 Å². The maximum absolute atomic E-state index is 12.2. The molecule has 6 nitrogen and oxygen atoms in total. The highest BCUT2D eigenvalue weighted by Crippen LogP contribution is 2.29. The van der Waals surface area contributed by atoms with Gasteiger partial charge in [0, 0.05) is 11.6 Å². The number of carboxylic acids is 1. The van der Waals surface area contributed by atoms with E-state index in [-0.39, 0.29) is 30.2 Å². The fourth-order valence-electron chi connectivity index (χ4n) is 3.48. The van der Waals surface area contributed by atoms with Crippen LogP contribution < -0.4 is 10.6 Å². The molecule has 0 spiro atoms. The first-order valence-electron chi connectivity index (χ1n) is 8.66. The summed E-state index contributed by atoms with van der Waals surface area (Å²) in [6.45, 7) is 5.81.